The van der Waals surface area contributed by atoms with Gasteiger partial charge in [-0.15, -0.1) is 19.7 Å². The standard InChI is InChI=1S/C27H27NO5/c1-5-12-19-20(13-6-2)22(25(29)18-15-10-9-11-16-18)24(27(31)33-28)23(21(19)14-7-3)26(30)32-17-8-4/h5-11,15-16H,1-4,12-14,17,28H2. The van der Waals surface area contributed by atoms with E-state index >= 15 is 0 Å². The second kappa shape index (κ2) is 12.1. The number of allylic oxidation sites excluding steroid dienone is 3. The van der Waals surface area contributed by atoms with E-state index in [0.717, 1.165) is 0 Å². The van der Waals surface area contributed by atoms with Crippen LogP contribution in [0.4, 0.5) is 0 Å². The molecule has 2 aromatic carbocycles. The van der Waals surface area contributed by atoms with Crippen LogP contribution in [0.1, 0.15) is 53.3 Å². The van der Waals surface area contributed by atoms with Gasteiger partial charge >= 0.3 is 11.9 Å². The predicted molar refractivity (Wildman–Crippen MR) is 128 cm³/mol. The Morgan fingerprint density at radius 3 is 1.79 bits per heavy atom. The maximum absolute atomic E-state index is 13.7. The molecular formula is C27H27NO5. The highest BCUT2D eigenvalue weighted by molar-refractivity contribution is 6.19. The van der Waals surface area contributed by atoms with Gasteiger partial charge in [0.1, 0.15) is 6.61 Å². The van der Waals surface area contributed by atoms with Gasteiger partial charge in [0.25, 0.3) is 0 Å². The molecule has 0 bridgehead atoms. The van der Waals surface area contributed by atoms with Gasteiger partial charge in [-0.2, -0.15) is 5.90 Å². The van der Waals surface area contributed by atoms with Crippen LogP contribution >= 0.6 is 0 Å². The largest absolute Gasteiger partial charge is 0.458 e. The normalized spacial score (nSPS) is 10.1. The fourth-order valence-electron chi connectivity index (χ4n) is 3.72. The molecule has 2 rings (SSSR count). The molecule has 0 unspecified atom stereocenters. The summed E-state index contributed by atoms with van der Waals surface area (Å²) in [5, 5.41) is 0. The van der Waals surface area contributed by atoms with Crippen molar-refractivity contribution in [3.8, 4) is 0 Å². The Bertz CT molecular complexity index is 1100. The van der Waals surface area contributed by atoms with E-state index in [0.29, 0.717) is 28.7 Å². The van der Waals surface area contributed by atoms with E-state index in [1.54, 1.807) is 48.6 Å². The van der Waals surface area contributed by atoms with Crippen molar-refractivity contribution in [2.75, 3.05) is 6.61 Å². The molecule has 6 nitrogen and oxygen atoms in total. The first kappa shape index (κ1) is 25.2. The van der Waals surface area contributed by atoms with E-state index in [4.69, 9.17) is 10.6 Å². The van der Waals surface area contributed by atoms with Crippen molar-refractivity contribution in [1.82, 2.24) is 0 Å². The molecule has 2 N–H and O–H groups in total. The first-order valence-electron chi connectivity index (χ1n) is 10.3. The lowest BCUT2D eigenvalue weighted by Gasteiger charge is -2.23. The highest BCUT2D eigenvalue weighted by atomic mass is 16.7. The first-order chi connectivity index (χ1) is 16.0. The molecule has 0 aliphatic rings. The molecular weight excluding hydrogens is 418 g/mol. The molecule has 0 atom stereocenters. The highest BCUT2D eigenvalue weighted by Gasteiger charge is 2.34. The zero-order chi connectivity index (χ0) is 24.4. The lowest BCUT2D eigenvalue weighted by molar-refractivity contribution is 0.0471. The Morgan fingerprint density at radius 2 is 1.27 bits per heavy atom. The molecule has 2 aromatic rings. The number of ether oxygens (including phenoxy) is 1. The smallest absolute Gasteiger partial charge is 0.358 e. The number of nitrogens with two attached hydrogens (primary N) is 1. The van der Waals surface area contributed by atoms with E-state index in [1.807, 2.05) is 0 Å². The van der Waals surface area contributed by atoms with Crippen LogP contribution in [-0.4, -0.2) is 24.3 Å². The third kappa shape index (κ3) is 5.42. The molecule has 0 aromatic heterocycles. The van der Waals surface area contributed by atoms with Gasteiger partial charge in [-0.3, -0.25) is 4.79 Å². The summed E-state index contributed by atoms with van der Waals surface area (Å²) in [5.74, 6) is 2.95. The maximum atomic E-state index is 13.7. The van der Waals surface area contributed by atoms with Crippen LogP contribution in [0.25, 0.3) is 0 Å². The Morgan fingerprint density at radius 1 is 0.727 bits per heavy atom. The van der Waals surface area contributed by atoms with Crippen molar-refractivity contribution in [2.24, 2.45) is 5.90 Å². The molecule has 0 saturated carbocycles. The van der Waals surface area contributed by atoms with Gasteiger partial charge in [0.2, 0.25) is 0 Å². The number of carbonyl (C=O) groups is 3. The maximum Gasteiger partial charge on any atom is 0.358 e. The molecule has 0 heterocycles. The minimum Gasteiger partial charge on any atom is -0.458 e. The summed E-state index contributed by atoms with van der Waals surface area (Å²) in [6, 6.07) is 8.43. The minimum atomic E-state index is -1.03. The molecule has 0 saturated heterocycles. The number of ketones is 1. The zero-order valence-corrected chi connectivity index (χ0v) is 18.5. The second-order valence-electron chi connectivity index (χ2n) is 7.03. The van der Waals surface area contributed by atoms with Gasteiger partial charge < -0.3 is 9.57 Å². The second-order valence-corrected chi connectivity index (χ2v) is 7.03. The number of esters is 1. The molecule has 33 heavy (non-hydrogen) atoms. The summed E-state index contributed by atoms with van der Waals surface area (Å²) < 4.78 is 5.28. The Labute approximate surface area is 193 Å². The number of rotatable bonds is 12. The Hall–Kier alpha value is -4.03. The van der Waals surface area contributed by atoms with Crippen LogP contribution in [0.2, 0.25) is 0 Å². The van der Waals surface area contributed by atoms with Gasteiger partial charge in [-0.05, 0) is 36.0 Å². The first-order valence-corrected chi connectivity index (χ1v) is 10.3. The molecule has 170 valence electrons. The fourth-order valence-corrected chi connectivity index (χ4v) is 3.72. The van der Waals surface area contributed by atoms with Gasteiger partial charge in [0.15, 0.2) is 5.78 Å². The van der Waals surface area contributed by atoms with E-state index in [1.165, 1.54) is 6.08 Å². The Balaban J connectivity index is 3.11. The van der Waals surface area contributed by atoms with E-state index in [9.17, 15) is 14.4 Å². The van der Waals surface area contributed by atoms with Gasteiger partial charge in [-0.25, -0.2) is 9.59 Å². The van der Waals surface area contributed by atoms with Crippen molar-refractivity contribution in [3.63, 3.8) is 0 Å². The predicted octanol–water partition coefficient (Wildman–Crippen LogP) is 4.48. The topological polar surface area (TPSA) is 95.7 Å². The van der Waals surface area contributed by atoms with Crippen LogP contribution in [0.3, 0.4) is 0 Å². The van der Waals surface area contributed by atoms with Crippen molar-refractivity contribution < 1.29 is 24.0 Å². The van der Waals surface area contributed by atoms with Gasteiger partial charge in [0.05, 0.1) is 11.1 Å². The van der Waals surface area contributed by atoms with Crippen molar-refractivity contribution in [3.05, 3.63) is 120 Å². The minimum absolute atomic E-state index is 0.0202. The molecule has 6 heteroatoms. The third-order valence-electron chi connectivity index (χ3n) is 4.99. The van der Waals surface area contributed by atoms with E-state index < -0.39 is 17.7 Å². The SMILES string of the molecule is C=CCOC(=O)c1c(CC=C)c(CC=C)c(CC=C)c(C(=O)c2ccccc2)c1C(=O)ON. The molecule has 0 amide bonds. The lowest BCUT2D eigenvalue weighted by Crippen LogP contribution is -2.26. The average Bonchev–Trinajstić information content (AvgIpc) is 2.84. The number of carbonyl (C=O) groups excluding carboxylic acids is 3. The van der Waals surface area contributed by atoms with Crippen LogP contribution in [0, 0.1) is 0 Å². The van der Waals surface area contributed by atoms with E-state index in [-0.39, 0.29) is 36.1 Å². The van der Waals surface area contributed by atoms with E-state index in [2.05, 4.69) is 31.2 Å². The van der Waals surface area contributed by atoms with Gasteiger partial charge in [0, 0.05) is 11.1 Å². The van der Waals surface area contributed by atoms with Crippen LogP contribution < -0.4 is 5.90 Å². The summed E-state index contributed by atoms with van der Waals surface area (Å²) >= 11 is 0. The summed E-state index contributed by atoms with van der Waals surface area (Å²) in [6.45, 7) is 14.8. The van der Waals surface area contributed by atoms with Crippen molar-refractivity contribution in [2.45, 2.75) is 19.3 Å². The summed E-state index contributed by atoms with van der Waals surface area (Å²) in [6.07, 6.45) is 7.10. The summed E-state index contributed by atoms with van der Waals surface area (Å²) in [4.78, 5) is 44.4. The molecule has 0 aliphatic heterocycles. The number of hydrogen-bond acceptors (Lipinski definition) is 6. The fraction of sp³-hybridized carbons (Fsp3) is 0.148. The number of hydrogen-bond donors (Lipinski definition) is 1. The van der Waals surface area contributed by atoms with Crippen molar-refractivity contribution in [1.29, 1.82) is 0 Å². The Kier molecular flexibility index (Phi) is 9.27. The molecule has 0 radical (unpaired) electrons. The van der Waals surface area contributed by atoms with Crippen LogP contribution in [0.15, 0.2) is 81.0 Å². The van der Waals surface area contributed by atoms with Crippen molar-refractivity contribution >= 4 is 17.7 Å². The highest BCUT2D eigenvalue weighted by Crippen LogP contribution is 2.33. The molecule has 0 spiro atoms. The quantitative estimate of drug-likeness (QED) is 0.224. The van der Waals surface area contributed by atoms with Crippen LogP contribution in [0.5, 0.6) is 0 Å². The monoisotopic (exact) mass is 445 g/mol. The summed E-state index contributed by atoms with van der Waals surface area (Å²) in [7, 11) is 0. The van der Waals surface area contributed by atoms with Gasteiger partial charge in [-0.1, -0.05) is 61.2 Å². The number of benzene rings is 2. The van der Waals surface area contributed by atoms with Crippen LogP contribution in [-0.2, 0) is 28.8 Å². The molecule has 0 fully saturated rings. The lowest BCUT2D eigenvalue weighted by atomic mass is 9.80. The molecule has 0 aliphatic carbocycles. The zero-order valence-electron chi connectivity index (χ0n) is 18.5. The third-order valence-corrected chi connectivity index (χ3v) is 4.99. The average molecular weight is 446 g/mol. The summed E-state index contributed by atoms with van der Waals surface area (Å²) in [5.41, 5.74) is 1.71.